The van der Waals surface area contributed by atoms with E-state index in [4.69, 9.17) is 18.9 Å². The number of anilines is 2. The van der Waals surface area contributed by atoms with Crippen molar-refractivity contribution in [3.05, 3.63) is 42.0 Å². The summed E-state index contributed by atoms with van der Waals surface area (Å²) < 4.78 is 21.0. The van der Waals surface area contributed by atoms with Crippen molar-refractivity contribution >= 4 is 29.2 Å². The number of carbonyl (C=O) groups excluding carboxylic acids is 3. The molecule has 0 spiro atoms. The third-order valence-corrected chi connectivity index (χ3v) is 4.98. The van der Waals surface area contributed by atoms with Gasteiger partial charge < -0.3 is 24.3 Å². The number of nitrogens with one attached hydrogen (secondary N) is 1. The summed E-state index contributed by atoms with van der Waals surface area (Å²) >= 11 is 0. The summed E-state index contributed by atoms with van der Waals surface area (Å²) in [5, 5.41) is 2.78. The smallest absolute Gasteiger partial charge is 0.338 e. The molecule has 0 unspecified atom stereocenters. The fraction of sp³-hybridized carbons (Fsp3) is 0.318. The number of hydrogen-bond donors (Lipinski definition) is 1. The Kier molecular flexibility index (Phi) is 6.05. The van der Waals surface area contributed by atoms with Crippen LogP contribution in [-0.4, -0.2) is 51.3 Å². The van der Waals surface area contributed by atoms with Crippen molar-refractivity contribution in [2.45, 2.75) is 19.4 Å². The summed E-state index contributed by atoms with van der Waals surface area (Å²) in [6.45, 7) is 2.69. The number of ether oxygens (including phenoxy) is 4. The van der Waals surface area contributed by atoms with Crippen LogP contribution in [0.1, 0.15) is 24.2 Å². The van der Waals surface area contributed by atoms with Crippen LogP contribution < -0.4 is 24.4 Å². The summed E-state index contributed by atoms with van der Waals surface area (Å²) in [6.07, 6.45) is 0. The van der Waals surface area contributed by atoms with Crippen LogP contribution in [0.3, 0.4) is 0 Å². The van der Waals surface area contributed by atoms with Crippen molar-refractivity contribution in [1.82, 2.24) is 0 Å². The molecule has 0 saturated carbocycles. The predicted octanol–water partition coefficient (Wildman–Crippen LogP) is 2.63. The quantitative estimate of drug-likeness (QED) is 0.706. The number of para-hydroxylation sites is 2. The molecule has 1 heterocycles. The van der Waals surface area contributed by atoms with Gasteiger partial charge >= 0.3 is 5.97 Å². The number of hydrogen-bond acceptors (Lipinski definition) is 7. The van der Waals surface area contributed by atoms with Gasteiger partial charge in [0.05, 0.1) is 38.3 Å². The lowest BCUT2D eigenvalue weighted by molar-refractivity contribution is -0.128. The van der Waals surface area contributed by atoms with E-state index < -0.39 is 24.0 Å². The number of benzene rings is 2. The van der Waals surface area contributed by atoms with Crippen molar-refractivity contribution in [2.24, 2.45) is 0 Å². The third-order valence-electron chi connectivity index (χ3n) is 4.98. The second-order valence-electron chi connectivity index (χ2n) is 7.25. The summed E-state index contributed by atoms with van der Waals surface area (Å²) in [5.41, 5.74) is 0.000114. The Labute approximate surface area is 179 Å². The second-order valence-corrected chi connectivity index (χ2v) is 7.25. The van der Waals surface area contributed by atoms with Crippen LogP contribution in [0.25, 0.3) is 0 Å². The first-order chi connectivity index (χ1) is 14.7. The molecular weight excluding hydrogens is 404 g/mol. The summed E-state index contributed by atoms with van der Waals surface area (Å²) in [6, 6.07) is 9.79. The van der Waals surface area contributed by atoms with E-state index in [1.165, 1.54) is 38.4 Å². The fourth-order valence-electron chi connectivity index (χ4n) is 3.37. The van der Waals surface area contributed by atoms with Crippen molar-refractivity contribution in [2.75, 3.05) is 38.2 Å². The average molecular weight is 428 g/mol. The highest BCUT2D eigenvalue weighted by molar-refractivity contribution is 6.14. The zero-order valence-electron chi connectivity index (χ0n) is 18.0. The maximum absolute atomic E-state index is 13.0. The summed E-state index contributed by atoms with van der Waals surface area (Å²) in [4.78, 5) is 39.5. The van der Waals surface area contributed by atoms with Crippen LogP contribution in [0.2, 0.25) is 0 Å². The Bertz CT molecular complexity index is 1010. The highest BCUT2D eigenvalue weighted by atomic mass is 16.5. The molecule has 3 rings (SSSR count). The van der Waals surface area contributed by atoms with Crippen molar-refractivity contribution in [3.8, 4) is 17.2 Å². The van der Waals surface area contributed by atoms with Gasteiger partial charge in [-0.05, 0) is 38.1 Å². The van der Waals surface area contributed by atoms with Crippen LogP contribution in [0.5, 0.6) is 17.2 Å². The third kappa shape index (κ3) is 3.98. The van der Waals surface area contributed by atoms with Crippen LogP contribution in [-0.2, 0) is 14.3 Å². The van der Waals surface area contributed by atoms with Crippen molar-refractivity contribution in [3.63, 3.8) is 0 Å². The van der Waals surface area contributed by atoms with E-state index >= 15 is 0 Å². The number of fused-ring (bicyclic) bond motifs is 1. The lowest BCUT2D eigenvalue weighted by Crippen LogP contribution is -2.59. The lowest BCUT2D eigenvalue weighted by atomic mass is 9.96. The molecule has 31 heavy (non-hydrogen) atoms. The van der Waals surface area contributed by atoms with E-state index in [-0.39, 0.29) is 23.0 Å². The second kappa shape index (κ2) is 8.55. The summed E-state index contributed by atoms with van der Waals surface area (Å²) in [5.74, 6) is -0.732. The van der Waals surface area contributed by atoms with Gasteiger partial charge in [-0.25, -0.2) is 4.79 Å². The first-order valence-corrected chi connectivity index (χ1v) is 9.45. The highest BCUT2D eigenvalue weighted by Gasteiger charge is 2.43. The van der Waals surface area contributed by atoms with E-state index in [1.807, 2.05) is 0 Å². The van der Waals surface area contributed by atoms with E-state index in [0.717, 1.165) is 0 Å². The van der Waals surface area contributed by atoms with Gasteiger partial charge in [-0.2, -0.15) is 0 Å². The molecule has 0 radical (unpaired) electrons. The first kappa shape index (κ1) is 21.9. The van der Waals surface area contributed by atoms with E-state index in [1.54, 1.807) is 38.1 Å². The maximum atomic E-state index is 13.0. The standard InChI is InChI=1S/C22H24N2O7/c1-22(2)21(27)23-14-8-6-7-9-15(14)24(22)18(25)12-31-20(26)13-10-16(28-3)19(30-5)17(11-13)29-4/h6-11H,12H2,1-5H3,(H,23,27). The first-order valence-electron chi connectivity index (χ1n) is 9.45. The number of carbonyl (C=O) groups is 3. The van der Waals surface area contributed by atoms with Crippen molar-refractivity contribution in [1.29, 1.82) is 0 Å². The summed E-state index contributed by atoms with van der Waals surface area (Å²) in [7, 11) is 4.30. The molecule has 0 aromatic heterocycles. The van der Waals surface area contributed by atoms with Crippen LogP contribution >= 0.6 is 0 Å². The Morgan fingerprint density at radius 2 is 1.61 bits per heavy atom. The van der Waals surface area contributed by atoms with Crippen molar-refractivity contribution < 1.29 is 33.3 Å². The molecule has 9 heteroatoms. The number of nitrogens with zero attached hydrogens (tertiary/aromatic N) is 1. The molecular formula is C22H24N2O7. The van der Waals surface area contributed by atoms with Gasteiger partial charge in [-0.1, -0.05) is 12.1 Å². The molecule has 1 N–H and O–H groups in total. The zero-order valence-corrected chi connectivity index (χ0v) is 18.0. The predicted molar refractivity (Wildman–Crippen MR) is 113 cm³/mol. The molecule has 0 aliphatic carbocycles. The van der Waals surface area contributed by atoms with Crippen LogP contribution in [0, 0.1) is 0 Å². The molecule has 2 aromatic carbocycles. The molecule has 9 nitrogen and oxygen atoms in total. The topological polar surface area (TPSA) is 103 Å². The normalized spacial score (nSPS) is 14.2. The van der Waals surface area contributed by atoms with Crippen LogP contribution in [0.15, 0.2) is 36.4 Å². The van der Waals surface area contributed by atoms with Gasteiger partial charge in [0.2, 0.25) is 11.7 Å². The van der Waals surface area contributed by atoms with E-state index in [2.05, 4.69) is 5.32 Å². The molecule has 1 aliphatic heterocycles. The molecule has 0 bridgehead atoms. The Balaban J connectivity index is 1.82. The monoisotopic (exact) mass is 428 g/mol. The minimum Gasteiger partial charge on any atom is -0.493 e. The fourth-order valence-corrected chi connectivity index (χ4v) is 3.37. The Morgan fingerprint density at radius 3 is 2.19 bits per heavy atom. The number of rotatable bonds is 6. The van der Waals surface area contributed by atoms with Crippen LogP contribution in [0.4, 0.5) is 11.4 Å². The number of amides is 2. The van der Waals surface area contributed by atoms with E-state index in [9.17, 15) is 14.4 Å². The van der Waals surface area contributed by atoms with E-state index in [0.29, 0.717) is 17.1 Å². The van der Waals surface area contributed by atoms with Gasteiger partial charge in [0.25, 0.3) is 5.91 Å². The molecule has 164 valence electrons. The highest BCUT2D eigenvalue weighted by Crippen LogP contribution is 2.39. The molecule has 1 aliphatic rings. The number of methoxy groups -OCH3 is 3. The van der Waals surface area contributed by atoms with Gasteiger partial charge in [-0.3, -0.25) is 14.5 Å². The molecule has 0 atom stereocenters. The maximum Gasteiger partial charge on any atom is 0.338 e. The SMILES string of the molecule is COc1cc(C(=O)OCC(=O)N2c3ccccc3NC(=O)C2(C)C)cc(OC)c1OC. The molecule has 0 fully saturated rings. The Morgan fingerprint density at radius 1 is 1.00 bits per heavy atom. The minimum absolute atomic E-state index is 0.123. The Hall–Kier alpha value is -3.75. The lowest BCUT2D eigenvalue weighted by Gasteiger charge is -2.41. The van der Waals surface area contributed by atoms with Gasteiger partial charge in [0, 0.05) is 0 Å². The largest absolute Gasteiger partial charge is 0.493 e. The number of esters is 1. The zero-order chi connectivity index (χ0) is 22.8. The van der Waals surface area contributed by atoms with Gasteiger partial charge in [-0.15, -0.1) is 0 Å². The van der Waals surface area contributed by atoms with Gasteiger partial charge in [0.1, 0.15) is 5.54 Å². The molecule has 2 amide bonds. The van der Waals surface area contributed by atoms with Gasteiger partial charge in [0.15, 0.2) is 18.1 Å². The molecule has 2 aromatic rings. The molecule has 0 saturated heterocycles. The average Bonchev–Trinajstić information content (AvgIpc) is 2.76. The minimum atomic E-state index is -1.16.